The molecule has 0 aliphatic rings. The summed E-state index contributed by atoms with van der Waals surface area (Å²) >= 11 is 1.21. The van der Waals surface area contributed by atoms with E-state index in [1.54, 1.807) is 30.3 Å². The number of carbonyl (C=O) groups is 1. The maximum atomic E-state index is 12.7. The fourth-order valence-corrected chi connectivity index (χ4v) is 3.04. The Labute approximate surface area is 130 Å². The first-order valence-corrected chi connectivity index (χ1v) is 7.55. The smallest absolute Gasteiger partial charge is 0.368 e. The lowest BCUT2D eigenvalue weighted by Crippen LogP contribution is -2.19. The first kappa shape index (κ1) is 16.4. The van der Waals surface area contributed by atoms with Crippen molar-refractivity contribution >= 4 is 17.7 Å². The van der Waals surface area contributed by atoms with Gasteiger partial charge >= 0.3 is 6.18 Å². The molecule has 0 bridgehead atoms. The molecule has 0 aliphatic carbocycles. The molecule has 2 rings (SSSR count). The standard InChI is InChI=1S/C16H14F3NOS/c17-16(18,19)13-8-4-5-11(9-13)10-22-14(15(20)21)12-6-2-1-3-7-12/h1-9,14H,10H2,(H2,20,21). The zero-order valence-electron chi connectivity index (χ0n) is 11.5. The van der Waals surface area contributed by atoms with Crippen LogP contribution >= 0.6 is 11.8 Å². The van der Waals surface area contributed by atoms with Gasteiger partial charge in [0.15, 0.2) is 0 Å². The molecule has 116 valence electrons. The topological polar surface area (TPSA) is 43.1 Å². The Kier molecular flexibility index (Phi) is 5.13. The highest BCUT2D eigenvalue weighted by molar-refractivity contribution is 7.99. The molecule has 22 heavy (non-hydrogen) atoms. The molecule has 0 fully saturated rings. The van der Waals surface area contributed by atoms with E-state index in [4.69, 9.17) is 5.73 Å². The number of halogens is 3. The van der Waals surface area contributed by atoms with Gasteiger partial charge in [-0.3, -0.25) is 4.79 Å². The Bertz CT molecular complexity index is 643. The number of nitrogens with two attached hydrogens (primary N) is 1. The van der Waals surface area contributed by atoms with Crippen LogP contribution in [0.1, 0.15) is 21.9 Å². The third-order valence-electron chi connectivity index (χ3n) is 3.03. The summed E-state index contributed by atoms with van der Waals surface area (Å²) in [4.78, 5) is 11.6. The van der Waals surface area contributed by atoms with Crippen molar-refractivity contribution in [3.63, 3.8) is 0 Å². The molecule has 2 N–H and O–H groups in total. The molecule has 2 aromatic carbocycles. The number of alkyl halides is 3. The number of carbonyl (C=O) groups excluding carboxylic acids is 1. The van der Waals surface area contributed by atoms with Crippen LogP contribution in [0.5, 0.6) is 0 Å². The van der Waals surface area contributed by atoms with Crippen molar-refractivity contribution < 1.29 is 18.0 Å². The van der Waals surface area contributed by atoms with Gasteiger partial charge in [0.25, 0.3) is 0 Å². The minimum Gasteiger partial charge on any atom is -0.368 e. The second kappa shape index (κ2) is 6.87. The van der Waals surface area contributed by atoms with E-state index in [1.807, 2.05) is 6.07 Å². The van der Waals surface area contributed by atoms with E-state index < -0.39 is 22.9 Å². The van der Waals surface area contributed by atoms with Crippen LogP contribution < -0.4 is 5.73 Å². The Morgan fingerprint density at radius 3 is 2.36 bits per heavy atom. The maximum Gasteiger partial charge on any atom is 0.416 e. The number of primary amides is 1. The molecule has 0 spiro atoms. The van der Waals surface area contributed by atoms with E-state index >= 15 is 0 Å². The first-order chi connectivity index (χ1) is 10.4. The highest BCUT2D eigenvalue weighted by Gasteiger charge is 2.30. The lowest BCUT2D eigenvalue weighted by atomic mass is 10.1. The number of amides is 1. The van der Waals surface area contributed by atoms with Gasteiger partial charge in [0, 0.05) is 5.75 Å². The molecule has 0 saturated carbocycles. The molecule has 0 aliphatic heterocycles. The van der Waals surface area contributed by atoms with Crippen molar-refractivity contribution in [2.45, 2.75) is 17.2 Å². The second-order valence-corrected chi connectivity index (χ2v) is 5.80. The van der Waals surface area contributed by atoms with Gasteiger partial charge < -0.3 is 5.73 Å². The van der Waals surface area contributed by atoms with Crippen LogP contribution in [-0.4, -0.2) is 5.91 Å². The Morgan fingerprint density at radius 2 is 1.77 bits per heavy atom. The van der Waals surface area contributed by atoms with Crippen molar-refractivity contribution in [3.8, 4) is 0 Å². The predicted molar refractivity (Wildman–Crippen MR) is 81.1 cm³/mol. The van der Waals surface area contributed by atoms with Gasteiger partial charge in [-0.05, 0) is 17.2 Å². The average molecular weight is 325 g/mol. The number of hydrogen-bond acceptors (Lipinski definition) is 2. The number of thioether (sulfide) groups is 1. The summed E-state index contributed by atoms with van der Waals surface area (Å²) in [6.45, 7) is 0. The molecule has 0 radical (unpaired) electrons. The minimum absolute atomic E-state index is 0.270. The molecule has 1 unspecified atom stereocenters. The predicted octanol–water partition coefficient (Wildman–Crippen LogP) is 4.17. The van der Waals surface area contributed by atoms with Gasteiger partial charge in [0.2, 0.25) is 5.91 Å². The molecule has 2 aromatic rings. The van der Waals surface area contributed by atoms with Crippen molar-refractivity contribution in [1.82, 2.24) is 0 Å². The first-order valence-electron chi connectivity index (χ1n) is 6.50. The van der Waals surface area contributed by atoms with Crippen molar-refractivity contribution in [3.05, 3.63) is 71.3 Å². The SMILES string of the molecule is NC(=O)C(SCc1cccc(C(F)(F)F)c1)c1ccccc1. The Hall–Kier alpha value is -1.95. The molecular formula is C16H14F3NOS. The van der Waals surface area contributed by atoms with Crippen LogP contribution in [0, 0.1) is 0 Å². The van der Waals surface area contributed by atoms with Gasteiger partial charge in [-0.15, -0.1) is 11.8 Å². The van der Waals surface area contributed by atoms with Crippen molar-refractivity contribution in [2.24, 2.45) is 5.73 Å². The molecule has 0 aromatic heterocycles. The van der Waals surface area contributed by atoms with Crippen molar-refractivity contribution in [2.75, 3.05) is 0 Å². The van der Waals surface area contributed by atoms with Crippen LogP contribution in [0.2, 0.25) is 0 Å². The zero-order valence-corrected chi connectivity index (χ0v) is 12.3. The normalized spacial score (nSPS) is 12.9. The largest absolute Gasteiger partial charge is 0.416 e. The molecular weight excluding hydrogens is 311 g/mol. The zero-order chi connectivity index (χ0) is 16.2. The Balaban J connectivity index is 2.12. The summed E-state index contributed by atoms with van der Waals surface area (Å²) in [6, 6.07) is 14.0. The summed E-state index contributed by atoms with van der Waals surface area (Å²) in [6.07, 6.45) is -4.37. The van der Waals surface area contributed by atoms with Crippen LogP contribution in [0.4, 0.5) is 13.2 Å². The molecule has 1 amide bonds. The number of rotatable bonds is 5. The summed E-state index contributed by atoms with van der Waals surface area (Å²) in [5.74, 6) is -0.241. The molecule has 0 saturated heterocycles. The lowest BCUT2D eigenvalue weighted by molar-refractivity contribution is -0.137. The molecule has 2 nitrogen and oxygen atoms in total. The van der Waals surface area contributed by atoms with Crippen LogP contribution in [0.15, 0.2) is 54.6 Å². The maximum absolute atomic E-state index is 12.7. The summed E-state index contributed by atoms with van der Waals surface area (Å²) in [7, 11) is 0. The summed E-state index contributed by atoms with van der Waals surface area (Å²) in [5.41, 5.74) is 5.94. The van der Waals surface area contributed by atoms with Crippen LogP contribution in [0.25, 0.3) is 0 Å². The summed E-state index contributed by atoms with van der Waals surface area (Å²) in [5, 5.41) is -0.587. The van der Waals surface area contributed by atoms with E-state index in [0.717, 1.165) is 17.7 Å². The molecule has 1 atom stereocenters. The van der Waals surface area contributed by atoms with Crippen LogP contribution in [-0.2, 0) is 16.7 Å². The van der Waals surface area contributed by atoms with E-state index in [0.29, 0.717) is 5.56 Å². The van der Waals surface area contributed by atoms with Crippen molar-refractivity contribution in [1.29, 1.82) is 0 Å². The fourth-order valence-electron chi connectivity index (χ4n) is 1.99. The van der Waals surface area contributed by atoms with Gasteiger partial charge in [0.1, 0.15) is 5.25 Å². The Morgan fingerprint density at radius 1 is 1.09 bits per heavy atom. The quantitative estimate of drug-likeness (QED) is 0.897. The van der Waals surface area contributed by atoms with E-state index in [9.17, 15) is 18.0 Å². The fraction of sp³-hybridized carbons (Fsp3) is 0.188. The molecule has 0 heterocycles. The molecule has 6 heteroatoms. The third kappa shape index (κ3) is 4.27. The highest BCUT2D eigenvalue weighted by Crippen LogP contribution is 2.34. The van der Waals surface area contributed by atoms with E-state index in [-0.39, 0.29) is 5.75 Å². The van der Waals surface area contributed by atoms with E-state index in [2.05, 4.69) is 0 Å². The monoisotopic (exact) mass is 325 g/mol. The van der Waals surface area contributed by atoms with E-state index in [1.165, 1.54) is 17.8 Å². The summed E-state index contributed by atoms with van der Waals surface area (Å²) < 4.78 is 38.0. The van der Waals surface area contributed by atoms with Gasteiger partial charge in [-0.2, -0.15) is 13.2 Å². The lowest BCUT2D eigenvalue weighted by Gasteiger charge is -2.14. The van der Waals surface area contributed by atoms with Gasteiger partial charge in [-0.1, -0.05) is 48.5 Å². The highest BCUT2D eigenvalue weighted by atomic mass is 32.2. The average Bonchev–Trinajstić information content (AvgIpc) is 2.48. The van der Waals surface area contributed by atoms with Crippen LogP contribution in [0.3, 0.4) is 0 Å². The second-order valence-electron chi connectivity index (χ2n) is 4.70. The third-order valence-corrected chi connectivity index (χ3v) is 4.37. The minimum atomic E-state index is -4.37. The number of benzene rings is 2. The number of hydrogen-bond donors (Lipinski definition) is 1. The van der Waals surface area contributed by atoms with Gasteiger partial charge in [-0.25, -0.2) is 0 Å². The van der Waals surface area contributed by atoms with Gasteiger partial charge in [0.05, 0.1) is 5.56 Å².